The van der Waals surface area contributed by atoms with E-state index in [1.807, 2.05) is 54.7 Å². The van der Waals surface area contributed by atoms with Crippen LogP contribution < -0.4 is 0 Å². The van der Waals surface area contributed by atoms with Crippen LogP contribution in [0.15, 0.2) is 188 Å². The van der Waals surface area contributed by atoms with Crippen LogP contribution in [-0.4, -0.2) is 19.6 Å². The molecular weight excluding hydrogens is 911 g/mol. The van der Waals surface area contributed by atoms with Gasteiger partial charge in [-0.2, -0.15) is 0 Å². The number of fused-ring (bicyclic) bond motifs is 1. The summed E-state index contributed by atoms with van der Waals surface area (Å²) in [4.78, 5) is 10.8. The number of aryl methyl sites for hydroxylation is 1. The molecule has 10 rings (SSSR count). The van der Waals surface area contributed by atoms with E-state index in [1.54, 1.807) is 0 Å². The van der Waals surface area contributed by atoms with Crippen molar-refractivity contribution in [3.63, 3.8) is 0 Å². The van der Waals surface area contributed by atoms with Crippen LogP contribution in [0.2, 0.25) is 0 Å². The predicted molar refractivity (Wildman–Crippen MR) is 318 cm³/mol. The number of phenolic OH excluding ortho intramolecular Hbond substituents is 1. The van der Waals surface area contributed by atoms with Gasteiger partial charge >= 0.3 is 0 Å². The van der Waals surface area contributed by atoms with E-state index in [9.17, 15) is 5.11 Å². The lowest BCUT2D eigenvalue weighted by Gasteiger charge is -2.28. The molecule has 0 unspecified atom stereocenters. The Kier molecular flexibility index (Phi) is 12.0. The van der Waals surface area contributed by atoms with Gasteiger partial charge in [-0.15, -0.1) is 0 Å². The highest BCUT2D eigenvalue weighted by atomic mass is 16.3. The van der Waals surface area contributed by atoms with Crippen LogP contribution in [0, 0.1) is 6.85 Å². The molecule has 2 heterocycles. The van der Waals surface area contributed by atoms with Gasteiger partial charge in [0, 0.05) is 32.6 Å². The number of benzene rings is 8. The predicted octanol–water partition coefficient (Wildman–Crippen LogP) is 19.3. The van der Waals surface area contributed by atoms with Crippen LogP contribution in [0.4, 0.5) is 0 Å². The summed E-state index contributed by atoms with van der Waals surface area (Å²) in [7, 11) is 0. The molecule has 0 aliphatic rings. The number of nitrogens with zero attached hydrogens (tertiary/aromatic N) is 3. The fourth-order valence-corrected chi connectivity index (χ4v) is 10.2. The van der Waals surface area contributed by atoms with Crippen molar-refractivity contribution in [3.8, 4) is 89.7 Å². The Balaban J connectivity index is 1.27. The van der Waals surface area contributed by atoms with E-state index in [2.05, 4.69) is 221 Å². The van der Waals surface area contributed by atoms with Crippen LogP contribution in [-0.2, 0) is 21.7 Å². The zero-order valence-corrected chi connectivity index (χ0v) is 45.7. The van der Waals surface area contributed by atoms with Crippen LogP contribution in [0.5, 0.6) is 5.75 Å². The van der Waals surface area contributed by atoms with Crippen molar-refractivity contribution in [2.45, 2.75) is 112 Å². The quantitative estimate of drug-likeness (QED) is 0.165. The molecule has 376 valence electrons. The van der Waals surface area contributed by atoms with Crippen molar-refractivity contribution < 1.29 is 9.22 Å². The number of aromatic hydroxyl groups is 1. The van der Waals surface area contributed by atoms with Gasteiger partial charge in [0.1, 0.15) is 11.6 Å². The zero-order chi connectivity index (χ0) is 55.7. The maximum atomic E-state index is 12.9. The van der Waals surface area contributed by atoms with Gasteiger partial charge in [0.05, 0.1) is 28.0 Å². The Labute approximate surface area is 450 Å². The van der Waals surface area contributed by atoms with E-state index in [4.69, 9.17) is 14.1 Å². The second-order valence-electron chi connectivity index (χ2n) is 24.4. The number of aromatic nitrogens is 3. The normalized spacial score (nSPS) is 13.1. The molecule has 0 fully saturated rings. The summed E-state index contributed by atoms with van der Waals surface area (Å²) in [5.41, 5.74) is 17.5. The van der Waals surface area contributed by atoms with Crippen molar-refractivity contribution in [1.82, 2.24) is 14.5 Å². The van der Waals surface area contributed by atoms with E-state index in [0.717, 1.165) is 94.7 Å². The summed E-state index contributed by atoms with van der Waals surface area (Å²) in [6.07, 6.45) is 1.90. The number of pyridine rings is 1. The molecule has 0 amide bonds. The number of imidazole rings is 1. The smallest absolute Gasteiger partial charge is 0.149 e. The van der Waals surface area contributed by atoms with E-state index in [-0.39, 0.29) is 27.6 Å². The van der Waals surface area contributed by atoms with Gasteiger partial charge in [-0.3, -0.25) is 9.55 Å². The molecule has 0 aliphatic carbocycles. The van der Waals surface area contributed by atoms with Crippen molar-refractivity contribution in [2.75, 3.05) is 0 Å². The first kappa shape index (κ1) is 46.9. The molecule has 0 saturated carbocycles. The van der Waals surface area contributed by atoms with E-state index in [1.165, 1.54) is 5.56 Å². The van der Waals surface area contributed by atoms with Gasteiger partial charge in [-0.1, -0.05) is 217 Å². The van der Waals surface area contributed by atoms with Gasteiger partial charge in [0.2, 0.25) is 0 Å². The summed E-state index contributed by atoms with van der Waals surface area (Å²) < 4.78 is 29.2. The fraction of sp³-hybridized carbons (Fsp3) is 0.239. The van der Waals surface area contributed by atoms with Gasteiger partial charge in [0.25, 0.3) is 0 Å². The molecule has 10 aromatic rings. The van der Waals surface area contributed by atoms with E-state index < -0.39 is 12.3 Å². The average molecular weight is 985 g/mol. The molecule has 4 heteroatoms. The minimum absolute atomic E-state index is 0.106. The lowest BCUT2D eigenvalue weighted by atomic mass is 9.79. The number of phenols is 1. The molecule has 4 nitrogen and oxygen atoms in total. The van der Waals surface area contributed by atoms with Crippen molar-refractivity contribution in [3.05, 3.63) is 216 Å². The summed E-state index contributed by atoms with van der Waals surface area (Å²) in [6, 6.07) is 62.9. The molecule has 2 aromatic heterocycles. The average Bonchev–Trinajstić information content (AvgIpc) is 4.03. The van der Waals surface area contributed by atoms with Crippen LogP contribution in [0.25, 0.3) is 95.0 Å². The number of hydrogen-bond acceptors (Lipinski definition) is 3. The largest absolute Gasteiger partial charge is 0.507 e. The first-order valence-corrected chi connectivity index (χ1v) is 26.3. The van der Waals surface area contributed by atoms with E-state index >= 15 is 0 Å². The number of para-hydroxylation sites is 1. The summed E-state index contributed by atoms with van der Waals surface area (Å²) >= 11 is 0. The molecule has 0 aliphatic heterocycles. The zero-order valence-electron chi connectivity index (χ0n) is 48.7. The monoisotopic (exact) mass is 985 g/mol. The van der Waals surface area contributed by atoms with Crippen LogP contribution in [0.3, 0.4) is 0 Å². The summed E-state index contributed by atoms with van der Waals surface area (Å²) in [5.74, 6) is 0.698. The molecule has 0 spiro atoms. The third kappa shape index (κ3) is 10.1. The molecule has 0 bridgehead atoms. The molecule has 8 aromatic carbocycles. The van der Waals surface area contributed by atoms with Gasteiger partial charge in [0.15, 0.2) is 0 Å². The minimum Gasteiger partial charge on any atom is -0.507 e. The Morgan fingerprint density at radius 1 is 0.413 bits per heavy atom. The SMILES string of the molecule is [2H]C([2H])([2H])c1cc(-c2ccc(C(C)(C)C)cc2)c(-n2c(-c3cc(C(C)(C)C)cc(C(C)(C)C)c3O)nc3c(-c4cc(-c5cc(-c6ccc(-c7ccccc7)cc6)ccn5)cc(C(C)(C)C)c4)cccc32)cc1-c1ccccc1. The molecule has 75 heavy (non-hydrogen) atoms. The van der Waals surface area contributed by atoms with E-state index in [0.29, 0.717) is 17.0 Å². The topological polar surface area (TPSA) is 50.9 Å². The molecular formula is C71H71N3O. The van der Waals surface area contributed by atoms with Crippen molar-refractivity contribution in [1.29, 1.82) is 0 Å². The summed E-state index contributed by atoms with van der Waals surface area (Å²) in [5, 5.41) is 12.9. The lowest BCUT2D eigenvalue weighted by molar-refractivity contribution is 0.446. The number of rotatable bonds is 8. The molecule has 0 radical (unpaired) electrons. The highest BCUT2D eigenvalue weighted by Crippen LogP contribution is 2.47. The maximum Gasteiger partial charge on any atom is 0.149 e. The minimum atomic E-state index is -2.45. The Hall–Kier alpha value is -7.82. The second-order valence-corrected chi connectivity index (χ2v) is 24.4. The van der Waals surface area contributed by atoms with Gasteiger partial charge < -0.3 is 5.11 Å². The number of hydrogen-bond donors (Lipinski definition) is 1. The summed E-state index contributed by atoms with van der Waals surface area (Å²) in [6.45, 7) is 23.8. The first-order chi connectivity index (χ1) is 36.7. The van der Waals surface area contributed by atoms with Gasteiger partial charge in [-0.25, -0.2) is 4.98 Å². The third-order valence-electron chi connectivity index (χ3n) is 14.7. The molecule has 1 N–H and O–H groups in total. The third-order valence-corrected chi connectivity index (χ3v) is 14.7. The van der Waals surface area contributed by atoms with Crippen LogP contribution in [0.1, 0.15) is 115 Å². The Bertz CT molecular complexity index is 3840. The highest BCUT2D eigenvalue weighted by Gasteiger charge is 2.30. The highest BCUT2D eigenvalue weighted by molar-refractivity contribution is 5.98. The van der Waals surface area contributed by atoms with Crippen LogP contribution >= 0.6 is 0 Å². The fourth-order valence-electron chi connectivity index (χ4n) is 10.2. The first-order valence-electron chi connectivity index (χ1n) is 27.8. The standard InChI is InChI=1S/C71H71N3O/c1-45-37-59(50-31-33-54(34-32-50)68(2,3)4)64(44-58(45)49-23-18-15-19-24-49)74-63-26-20-25-57(65(63)73-67(74)60-42-56(70(8,9)10)43-61(66(60)75)71(11,12)13)52-38-53(40-55(39-52)69(5,6)7)62-41-51(35-36-72-62)48-29-27-47(28-30-48)46-21-16-14-17-22-46/h14-44,75H,1-13H3/i1D3. The lowest BCUT2D eigenvalue weighted by Crippen LogP contribution is -2.17. The van der Waals surface area contributed by atoms with Gasteiger partial charge in [-0.05, 0) is 144 Å². The molecule has 0 atom stereocenters. The second kappa shape index (κ2) is 19.1. The maximum absolute atomic E-state index is 12.9. The Morgan fingerprint density at radius 3 is 1.59 bits per heavy atom. The Morgan fingerprint density at radius 2 is 0.973 bits per heavy atom. The van der Waals surface area contributed by atoms with Crippen molar-refractivity contribution >= 4 is 11.0 Å². The van der Waals surface area contributed by atoms with Crippen molar-refractivity contribution in [2.24, 2.45) is 0 Å². The molecule has 0 saturated heterocycles.